The predicted molar refractivity (Wildman–Crippen MR) is 97.3 cm³/mol. The molecule has 0 spiro atoms. The smallest absolute Gasteiger partial charge is 0.319 e. The normalized spacial score (nSPS) is 24.8. The van der Waals surface area contributed by atoms with Crippen molar-refractivity contribution in [3.8, 4) is 0 Å². The number of urea groups is 1. The van der Waals surface area contributed by atoms with E-state index in [1.807, 2.05) is 24.3 Å². The van der Waals surface area contributed by atoms with Crippen molar-refractivity contribution in [2.75, 3.05) is 18.5 Å². The number of benzene rings is 1. The van der Waals surface area contributed by atoms with Crippen molar-refractivity contribution >= 4 is 17.7 Å². The molecule has 2 aliphatic rings. The minimum atomic E-state index is -0.441. The molecule has 0 aromatic heterocycles. The van der Waals surface area contributed by atoms with Gasteiger partial charge in [-0.1, -0.05) is 37.6 Å². The second-order valence-corrected chi connectivity index (χ2v) is 7.19. The molecule has 1 saturated heterocycles. The Morgan fingerprint density at radius 2 is 2.12 bits per heavy atom. The second-order valence-electron chi connectivity index (χ2n) is 7.19. The van der Waals surface area contributed by atoms with Crippen molar-refractivity contribution in [3.63, 3.8) is 0 Å². The molecular formula is C20H26N2O3. The Morgan fingerprint density at radius 1 is 1.36 bits per heavy atom. The topological polar surface area (TPSA) is 67.4 Å². The summed E-state index contributed by atoms with van der Waals surface area (Å²) in [6, 6.07) is 7.51. The fourth-order valence-corrected chi connectivity index (χ4v) is 3.89. The number of ether oxygens (including phenoxy) is 1. The van der Waals surface area contributed by atoms with Gasteiger partial charge in [-0.15, -0.1) is 0 Å². The molecule has 134 valence electrons. The van der Waals surface area contributed by atoms with Crippen molar-refractivity contribution in [2.24, 2.45) is 11.3 Å². The number of allylic oxidation sites excluding steroid dienone is 1. The maximum atomic E-state index is 12.3. The van der Waals surface area contributed by atoms with Gasteiger partial charge < -0.3 is 15.4 Å². The molecule has 1 aliphatic heterocycles. The number of anilines is 1. The lowest BCUT2D eigenvalue weighted by Crippen LogP contribution is -2.31. The highest BCUT2D eigenvalue weighted by Crippen LogP contribution is 2.52. The molecule has 2 N–H and O–H groups in total. The summed E-state index contributed by atoms with van der Waals surface area (Å²) < 4.78 is 5.32. The van der Waals surface area contributed by atoms with E-state index in [2.05, 4.69) is 24.1 Å². The molecule has 1 heterocycles. The van der Waals surface area contributed by atoms with Gasteiger partial charge >= 0.3 is 12.0 Å². The van der Waals surface area contributed by atoms with Gasteiger partial charge in [0.2, 0.25) is 0 Å². The van der Waals surface area contributed by atoms with Crippen LogP contribution in [0.25, 0.3) is 0 Å². The van der Waals surface area contributed by atoms with E-state index in [0.29, 0.717) is 19.6 Å². The molecule has 2 unspecified atom stereocenters. The van der Waals surface area contributed by atoms with Crippen LogP contribution in [0.5, 0.6) is 0 Å². The van der Waals surface area contributed by atoms with E-state index in [9.17, 15) is 9.59 Å². The van der Waals surface area contributed by atoms with Crippen LogP contribution in [0.1, 0.15) is 38.2 Å². The summed E-state index contributed by atoms with van der Waals surface area (Å²) in [5, 5.41) is 5.65. The Labute approximate surface area is 148 Å². The summed E-state index contributed by atoms with van der Waals surface area (Å²) in [5.74, 6) is 0.156. The van der Waals surface area contributed by atoms with Crippen LogP contribution in [-0.2, 0) is 16.0 Å². The Morgan fingerprint density at radius 3 is 2.84 bits per heavy atom. The number of carbonyl (C=O) groups excluding carboxylic acids is 2. The molecule has 2 amide bonds. The van der Waals surface area contributed by atoms with Gasteiger partial charge in [-0.25, -0.2) is 4.79 Å². The highest BCUT2D eigenvalue weighted by molar-refractivity contribution is 5.89. The summed E-state index contributed by atoms with van der Waals surface area (Å²) in [4.78, 5) is 24.1. The highest BCUT2D eigenvalue weighted by Gasteiger charge is 2.55. The quantitative estimate of drug-likeness (QED) is 0.471. The largest absolute Gasteiger partial charge is 0.465 e. The average molecular weight is 342 g/mol. The third-order valence-corrected chi connectivity index (χ3v) is 5.25. The molecule has 0 bridgehead atoms. The van der Waals surface area contributed by atoms with Crippen LogP contribution in [0.15, 0.2) is 36.4 Å². The number of esters is 1. The molecule has 1 aromatic rings. The summed E-state index contributed by atoms with van der Waals surface area (Å²) in [7, 11) is 0. The van der Waals surface area contributed by atoms with Gasteiger partial charge in [-0.05, 0) is 43.4 Å². The number of cyclic esters (lactones) is 1. The van der Waals surface area contributed by atoms with Gasteiger partial charge in [-0.2, -0.15) is 0 Å². The van der Waals surface area contributed by atoms with Crippen LogP contribution in [0.4, 0.5) is 10.5 Å². The molecule has 25 heavy (non-hydrogen) atoms. The number of hydrogen-bond donors (Lipinski definition) is 2. The maximum absolute atomic E-state index is 12.3. The number of amides is 2. The third-order valence-electron chi connectivity index (χ3n) is 5.25. The Bertz CT molecular complexity index is 668. The first-order valence-electron chi connectivity index (χ1n) is 9.01. The Kier molecular flexibility index (Phi) is 5.11. The summed E-state index contributed by atoms with van der Waals surface area (Å²) in [6.07, 6.45) is 4.28. The summed E-state index contributed by atoms with van der Waals surface area (Å²) in [5.41, 5.74) is 2.53. The Balaban J connectivity index is 1.62. The van der Waals surface area contributed by atoms with E-state index in [-0.39, 0.29) is 17.9 Å². The van der Waals surface area contributed by atoms with Crippen molar-refractivity contribution in [2.45, 2.75) is 39.0 Å². The first-order valence-corrected chi connectivity index (χ1v) is 9.01. The van der Waals surface area contributed by atoms with E-state index >= 15 is 0 Å². The molecule has 2 fully saturated rings. The van der Waals surface area contributed by atoms with Gasteiger partial charge in [0.05, 0.1) is 12.0 Å². The van der Waals surface area contributed by atoms with Crippen LogP contribution in [0, 0.1) is 11.3 Å². The molecule has 2 atom stereocenters. The standard InChI is InChI=1S/C20H26N2O3/c1-3-4-9-21-19(24)22-17-7-5-15(6-8-17)12-20-11-14(2)10-16(20)13-25-18(20)23/h5-8,16H,2-4,9-13H2,1H3,(H2,21,22,24). The van der Waals surface area contributed by atoms with Gasteiger partial charge in [0.25, 0.3) is 0 Å². The fourth-order valence-electron chi connectivity index (χ4n) is 3.89. The van der Waals surface area contributed by atoms with E-state index < -0.39 is 5.41 Å². The SMILES string of the molecule is C=C1CC2COC(=O)C2(Cc2ccc(NC(=O)NCCCC)cc2)C1. The number of nitrogens with one attached hydrogen (secondary N) is 2. The fraction of sp³-hybridized carbons (Fsp3) is 0.500. The summed E-state index contributed by atoms with van der Waals surface area (Å²) in [6.45, 7) is 7.34. The zero-order chi connectivity index (χ0) is 17.9. The predicted octanol–water partition coefficient (Wildman–Crippen LogP) is 3.66. The molecule has 5 heteroatoms. The first kappa shape index (κ1) is 17.5. The zero-order valence-electron chi connectivity index (χ0n) is 14.8. The van der Waals surface area contributed by atoms with E-state index in [0.717, 1.165) is 42.5 Å². The number of carbonyl (C=O) groups is 2. The Hall–Kier alpha value is -2.30. The van der Waals surface area contributed by atoms with Gasteiger partial charge in [0, 0.05) is 18.2 Å². The van der Waals surface area contributed by atoms with Crippen LogP contribution in [-0.4, -0.2) is 25.2 Å². The van der Waals surface area contributed by atoms with E-state index in [1.165, 1.54) is 0 Å². The lowest BCUT2D eigenvalue weighted by atomic mass is 9.75. The number of hydrogen-bond acceptors (Lipinski definition) is 3. The van der Waals surface area contributed by atoms with Crippen molar-refractivity contribution in [1.82, 2.24) is 5.32 Å². The first-order chi connectivity index (χ1) is 12.0. The number of rotatable bonds is 6. The lowest BCUT2D eigenvalue weighted by Gasteiger charge is -2.24. The lowest BCUT2D eigenvalue weighted by molar-refractivity contribution is -0.146. The average Bonchev–Trinajstić information content (AvgIpc) is 3.04. The molecule has 1 saturated carbocycles. The highest BCUT2D eigenvalue weighted by atomic mass is 16.5. The molecule has 1 aromatic carbocycles. The monoisotopic (exact) mass is 342 g/mol. The van der Waals surface area contributed by atoms with E-state index in [4.69, 9.17) is 4.74 Å². The number of unbranched alkanes of at least 4 members (excludes halogenated alkanes) is 1. The molecule has 3 rings (SSSR count). The number of fused-ring (bicyclic) bond motifs is 1. The van der Waals surface area contributed by atoms with Crippen molar-refractivity contribution in [3.05, 3.63) is 42.0 Å². The molecular weight excluding hydrogens is 316 g/mol. The molecule has 0 radical (unpaired) electrons. The van der Waals surface area contributed by atoms with Crippen LogP contribution in [0.2, 0.25) is 0 Å². The molecule has 1 aliphatic carbocycles. The van der Waals surface area contributed by atoms with E-state index in [1.54, 1.807) is 0 Å². The van der Waals surface area contributed by atoms with Gasteiger partial charge in [0.15, 0.2) is 0 Å². The van der Waals surface area contributed by atoms with Gasteiger partial charge in [0.1, 0.15) is 0 Å². The minimum Gasteiger partial charge on any atom is -0.465 e. The summed E-state index contributed by atoms with van der Waals surface area (Å²) >= 11 is 0. The third kappa shape index (κ3) is 3.70. The zero-order valence-corrected chi connectivity index (χ0v) is 14.8. The van der Waals surface area contributed by atoms with Crippen LogP contribution in [0.3, 0.4) is 0 Å². The van der Waals surface area contributed by atoms with Crippen LogP contribution >= 0.6 is 0 Å². The minimum absolute atomic E-state index is 0.0892. The second kappa shape index (κ2) is 7.30. The van der Waals surface area contributed by atoms with Crippen molar-refractivity contribution < 1.29 is 14.3 Å². The molecule has 5 nitrogen and oxygen atoms in total. The van der Waals surface area contributed by atoms with Crippen molar-refractivity contribution in [1.29, 1.82) is 0 Å². The maximum Gasteiger partial charge on any atom is 0.319 e. The van der Waals surface area contributed by atoms with Gasteiger partial charge in [-0.3, -0.25) is 4.79 Å². The van der Waals surface area contributed by atoms with Crippen LogP contribution < -0.4 is 10.6 Å².